The van der Waals surface area contributed by atoms with Gasteiger partial charge in [0.25, 0.3) is 0 Å². The van der Waals surface area contributed by atoms with Crippen molar-refractivity contribution in [2.75, 3.05) is 6.61 Å². The summed E-state index contributed by atoms with van der Waals surface area (Å²) in [6, 6.07) is 0. The van der Waals surface area contributed by atoms with Crippen LogP contribution in [0.5, 0.6) is 0 Å². The lowest BCUT2D eigenvalue weighted by Gasteiger charge is -2.62. The molecule has 0 spiro atoms. The van der Waals surface area contributed by atoms with Crippen LogP contribution in [0, 0.1) is 28.6 Å². The van der Waals surface area contributed by atoms with Crippen molar-refractivity contribution in [3.05, 3.63) is 0 Å². The van der Waals surface area contributed by atoms with E-state index < -0.39 is 0 Å². The maximum Gasteiger partial charge on any atom is 0.166 e. The molecule has 4 fully saturated rings. The molecule has 1 heterocycles. The molecule has 0 amide bonds. The fourth-order valence-electron chi connectivity index (χ4n) is 6.19. The molecule has 0 aromatic heterocycles. The average Bonchev–Trinajstić information content (AvgIpc) is 2.76. The van der Waals surface area contributed by atoms with Gasteiger partial charge in [0.1, 0.15) is 12.4 Å². The van der Waals surface area contributed by atoms with Gasteiger partial charge in [-0.3, -0.25) is 9.59 Å². The second-order valence-electron chi connectivity index (χ2n) is 8.56. The highest BCUT2D eigenvalue weighted by Crippen LogP contribution is 2.68. The summed E-state index contributed by atoms with van der Waals surface area (Å²) in [7, 11) is 0. The molecular weight excluding hydrogens is 424 g/mol. The largest absolute Gasteiger partial charge is 0.369 e. The summed E-state index contributed by atoms with van der Waals surface area (Å²) in [5.41, 5.74) is -0.254. The fourth-order valence-corrected chi connectivity index (χ4v) is 8.05. The molecule has 0 aromatic rings. The van der Waals surface area contributed by atoms with Crippen molar-refractivity contribution in [3.63, 3.8) is 0 Å². The van der Waals surface area contributed by atoms with Crippen molar-refractivity contribution in [2.45, 2.75) is 61.7 Å². The molecule has 128 valence electrons. The lowest BCUT2D eigenvalue weighted by atomic mass is 9.46. The Balaban J connectivity index is 1.73. The van der Waals surface area contributed by atoms with E-state index in [1.54, 1.807) is 0 Å². The van der Waals surface area contributed by atoms with Gasteiger partial charge in [0.2, 0.25) is 0 Å². The van der Waals surface area contributed by atoms with E-state index in [1.165, 1.54) is 0 Å². The quantitative estimate of drug-likeness (QED) is 0.521. The van der Waals surface area contributed by atoms with E-state index in [4.69, 9.17) is 4.74 Å². The fraction of sp³-hybridized carbons (Fsp3) is 0.889. The molecule has 0 N–H and O–H groups in total. The van der Waals surface area contributed by atoms with Crippen LogP contribution in [0.15, 0.2) is 0 Å². The highest BCUT2D eigenvalue weighted by atomic mass is 79.9. The number of rotatable bonds is 0. The summed E-state index contributed by atoms with van der Waals surface area (Å²) in [5.74, 6) is 2.00. The highest BCUT2D eigenvalue weighted by Gasteiger charge is 2.66. The van der Waals surface area contributed by atoms with E-state index >= 15 is 0 Å². The van der Waals surface area contributed by atoms with Crippen molar-refractivity contribution >= 4 is 43.4 Å². The van der Waals surface area contributed by atoms with Crippen LogP contribution in [0.25, 0.3) is 0 Å². The van der Waals surface area contributed by atoms with Crippen molar-refractivity contribution < 1.29 is 14.3 Å². The molecule has 0 aromatic carbocycles. The third-order valence-corrected chi connectivity index (χ3v) is 9.96. The molecule has 23 heavy (non-hydrogen) atoms. The molecule has 4 rings (SSSR count). The van der Waals surface area contributed by atoms with Gasteiger partial charge in [-0.1, -0.05) is 45.7 Å². The van der Waals surface area contributed by atoms with Crippen molar-refractivity contribution in [2.24, 2.45) is 28.6 Å². The predicted octanol–water partition coefficient (Wildman–Crippen LogP) is 4.25. The first-order valence-corrected chi connectivity index (χ1v) is 10.3. The van der Waals surface area contributed by atoms with Gasteiger partial charge in [0, 0.05) is 12.8 Å². The Kier molecular flexibility index (Phi) is 3.73. The number of alkyl halides is 2. The van der Waals surface area contributed by atoms with Crippen LogP contribution in [0.1, 0.15) is 52.4 Å². The molecule has 1 aliphatic heterocycles. The van der Waals surface area contributed by atoms with Gasteiger partial charge in [-0.15, -0.1) is 0 Å². The lowest BCUT2D eigenvalue weighted by molar-refractivity contribution is -0.149. The van der Waals surface area contributed by atoms with Gasteiger partial charge in [-0.2, -0.15) is 0 Å². The SMILES string of the molecule is C[C@]12[C@@H](CC[C@@H]3[C@@H]1CC[C@]1(C)C(=O)CO[C@@H]31)CC(=O)CC2(Br)Br. The van der Waals surface area contributed by atoms with Crippen molar-refractivity contribution in [3.8, 4) is 0 Å². The summed E-state index contributed by atoms with van der Waals surface area (Å²) >= 11 is 7.76. The number of ether oxygens (including phenoxy) is 1. The maximum absolute atomic E-state index is 12.3. The summed E-state index contributed by atoms with van der Waals surface area (Å²) in [6.45, 7) is 4.75. The number of carbonyl (C=O) groups is 2. The van der Waals surface area contributed by atoms with Gasteiger partial charge in [-0.25, -0.2) is 0 Å². The second-order valence-corrected chi connectivity index (χ2v) is 12.3. The molecule has 3 aliphatic carbocycles. The minimum absolute atomic E-state index is 0.0279. The van der Waals surface area contributed by atoms with Gasteiger partial charge in [0.05, 0.1) is 14.8 Å². The molecular formula is C18H24Br2O3. The Hall–Kier alpha value is 0.260. The maximum atomic E-state index is 12.3. The zero-order valence-corrected chi connectivity index (χ0v) is 16.9. The normalized spacial score (nSPS) is 51.8. The van der Waals surface area contributed by atoms with E-state index in [-0.39, 0.29) is 32.6 Å². The Morgan fingerprint density at radius 1 is 1.13 bits per heavy atom. The number of hydrogen-bond donors (Lipinski definition) is 0. The van der Waals surface area contributed by atoms with Crippen LogP contribution in [-0.4, -0.2) is 27.5 Å². The predicted molar refractivity (Wildman–Crippen MR) is 94.7 cm³/mol. The van der Waals surface area contributed by atoms with E-state index in [0.29, 0.717) is 36.4 Å². The first-order chi connectivity index (χ1) is 10.7. The molecule has 5 heteroatoms. The van der Waals surface area contributed by atoms with Gasteiger partial charge in [-0.05, 0) is 48.9 Å². The smallest absolute Gasteiger partial charge is 0.166 e. The van der Waals surface area contributed by atoms with Crippen LogP contribution in [0.4, 0.5) is 0 Å². The Bertz CT molecular complexity index is 575. The molecule has 0 unspecified atom stereocenters. The lowest BCUT2D eigenvalue weighted by Crippen LogP contribution is -2.61. The monoisotopic (exact) mass is 446 g/mol. The van der Waals surface area contributed by atoms with E-state index in [9.17, 15) is 9.59 Å². The standard InChI is InChI=1S/C18H24Br2O3/c1-16-6-5-13-12(15(16)23-9-14(16)22)4-3-10-7-11(21)8-18(19,20)17(10,13)2/h10,12-13,15H,3-9H2,1-2H3/t10-,12+,13-,15-,16+,17-/m0/s1. The summed E-state index contributed by atoms with van der Waals surface area (Å²) in [6.07, 6.45) is 5.45. The van der Waals surface area contributed by atoms with Crippen LogP contribution in [0.3, 0.4) is 0 Å². The third kappa shape index (κ3) is 2.08. The minimum Gasteiger partial charge on any atom is -0.369 e. The first kappa shape index (κ1) is 16.7. The molecule has 1 saturated heterocycles. The number of ketones is 2. The Labute approximate surface area is 154 Å². The van der Waals surface area contributed by atoms with Crippen LogP contribution in [0.2, 0.25) is 0 Å². The molecule has 3 nitrogen and oxygen atoms in total. The number of Topliss-reactive ketones (excluding diaryl/α,β-unsaturated/α-hetero) is 2. The number of fused-ring (bicyclic) bond motifs is 5. The summed E-state index contributed by atoms with van der Waals surface area (Å²) in [5, 5.41) is 0. The zero-order valence-electron chi connectivity index (χ0n) is 13.7. The summed E-state index contributed by atoms with van der Waals surface area (Å²) < 4.78 is 5.68. The van der Waals surface area contributed by atoms with Crippen molar-refractivity contribution in [1.82, 2.24) is 0 Å². The minimum atomic E-state index is -0.327. The second kappa shape index (κ2) is 5.14. The van der Waals surface area contributed by atoms with E-state index in [2.05, 4.69) is 45.7 Å². The zero-order chi connectivity index (χ0) is 16.6. The average molecular weight is 448 g/mol. The number of halogens is 2. The molecule has 0 radical (unpaired) electrons. The number of carbonyl (C=O) groups excluding carboxylic acids is 2. The third-order valence-electron chi connectivity index (χ3n) is 7.69. The van der Waals surface area contributed by atoms with E-state index in [1.807, 2.05) is 0 Å². The molecule has 0 bridgehead atoms. The Morgan fingerprint density at radius 2 is 1.87 bits per heavy atom. The van der Waals surface area contributed by atoms with Crippen LogP contribution >= 0.6 is 31.9 Å². The van der Waals surface area contributed by atoms with Gasteiger partial charge < -0.3 is 4.74 Å². The molecule has 4 aliphatic rings. The first-order valence-electron chi connectivity index (χ1n) is 8.74. The van der Waals surface area contributed by atoms with Gasteiger partial charge in [0.15, 0.2) is 5.78 Å². The topological polar surface area (TPSA) is 43.4 Å². The number of hydrogen-bond acceptors (Lipinski definition) is 3. The van der Waals surface area contributed by atoms with Gasteiger partial charge >= 0.3 is 0 Å². The van der Waals surface area contributed by atoms with Crippen molar-refractivity contribution in [1.29, 1.82) is 0 Å². The highest BCUT2D eigenvalue weighted by molar-refractivity contribution is 9.25. The molecule has 3 saturated carbocycles. The van der Waals surface area contributed by atoms with E-state index in [0.717, 1.165) is 25.7 Å². The Morgan fingerprint density at radius 3 is 2.61 bits per heavy atom. The summed E-state index contributed by atoms with van der Waals surface area (Å²) in [4.78, 5) is 24.5. The van der Waals surface area contributed by atoms with Crippen LogP contribution < -0.4 is 0 Å². The van der Waals surface area contributed by atoms with Crippen LogP contribution in [-0.2, 0) is 14.3 Å². The molecule has 6 atom stereocenters.